The Labute approximate surface area is 96.5 Å². The van der Waals surface area contributed by atoms with E-state index >= 15 is 0 Å². The second-order valence-electron chi connectivity index (χ2n) is 3.23. The zero-order valence-electron chi connectivity index (χ0n) is 7.75. The fourth-order valence-electron chi connectivity index (χ4n) is 1.31. The minimum Gasteiger partial charge on any atom is -0.356 e. The van der Waals surface area contributed by atoms with Crippen LogP contribution >= 0.6 is 15.9 Å². The minimum atomic E-state index is -4.53. The van der Waals surface area contributed by atoms with Gasteiger partial charge in [-0.1, -0.05) is 21.1 Å². The number of nitrogens with two attached hydrogens (primary N) is 1. The molecular weight excluding hydrogens is 289 g/mol. The number of fused-ring (bicyclic) bond motifs is 1. The van der Waals surface area contributed by atoms with E-state index in [2.05, 4.69) is 21.1 Å². The highest BCUT2D eigenvalue weighted by Crippen LogP contribution is 2.34. The fourth-order valence-corrected chi connectivity index (χ4v) is 1.65. The fraction of sp³-hybridized carbons (Fsp3) is 0.222. The Morgan fingerprint density at radius 2 is 2.06 bits per heavy atom. The summed E-state index contributed by atoms with van der Waals surface area (Å²) in [6.45, 7) is 0. The molecule has 0 aliphatic rings. The highest BCUT2D eigenvalue weighted by Gasteiger charge is 2.40. The van der Waals surface area contributed by atoms with Gasteiger partial charge in [-0.05, 0) is 18.2 Å². The molecule has 0 saturated heterocycles. The van der Waals surface area contributed by atoms with Crippen molar-refractivity contribution in [2.24, 2.45) is 5.73 Å². The second-order valence-corrected chi connectivity index (χ2v) is 4.14. The molecule has 1 aromatic heterocycles. The van der Waals surface area contributed by atoms with Crippen molar-refractivity contribution in [3.8, 4) is 0 Å². The SMILES string of the molecule is NC(c1noc2cc(Br)ccc12)C(F)(F)F. The van der Waals surface area contributed by atoms with Crippen LogP contribution in [0.25, 0.3) is 11.0 Å². The summed E-state index contributed by atoms with van der Waals surface area (Å²) in [4.78, 5) is 0. The molecule has 2 aromatic rings. The van der Waals surface area contributed by atoms with Crippen LogP contribution in [-0.2, 0) is 0 Å². The van der Waals surface area contributed by atoms with E-state index in [9.17, 15) is 13.2 Å². The van der Waals surface area contributed by atoms with Crippen LogP contribution < -0.4 is 5.73 Å². The Hall–Kier alpha value is -1.08. The monoisotopic (exact) mass is 294 g/mol. The summed E-state index contributed by atoms with van der Waals surface area (Å²) < 4.78 is 42.7. The number of rotatable bonds is 1. The predicted octanol–water partition coefficient (Wildman–Crippen LogP) is 3.15. The third kappa shape index (κ3) is 1.92. The highest BCUT2D eigenvalue weighted by molar-refractivity contribution is 9.10. The summed E-state index contributed by atoms with van der Waals surface area (Å²) in [5.74, 6) is 0. The van der Waals surface area contributed by atoms with Crippen molar-refractivity contribution >= 4 is 26.9 Å². The van der Waals surface area contributed by atoms with Gasteiger partial charge in [-0.3, -0.25) is 0 Å². The average molecular weight is 295 g/mol. The molecule has 3 nitrogen and oxygen atoms in total. The van der Waals surface area contributed by atoms with Crippen molar-refractivity contribution in [3.63, 3.8) is 0 Å². The number of benzene rings is 1. The van der Waals surface area contributed by atoms with Gasteiger partial charge in [0.05, 0.1) is 0 Å². The lowest BCUT2D eigenvalue weighted by atomic mass is 10.1. The molecule has 0 fully saturated rings. The number of alkyl halides is 3. The summed E-state index contributed by atoms with van der Waals surface area (Å²) >= 11 is 3.18. The molecule has 1 unspecified atom stereocenters. The first-order valence-electron chi connectivity index (χ1n) is 4.26. The van der Waals surface area contributed by atoms with Crippen LogP contribution in [0.2, 0.25) is 0 Å². The van der Waals surface area contributed by atoms with E-state index in [0.29, 0.717) is 4.47 Å². The first-order chi connectivity index (χ1) is 7.39. The van der Waals surface area contributed by atoms with Crippen molar-refractivity contribution in [3.05, 3.63) is 28.4 Å². The summed E-state index contributed by atoms with van der Waals surface area (Å²) in [5, 5.41) is 3.63. The molecule has 1 aromatic carbocycles. The summed E-state index contributed by atoms with van der Waals surface area (Å²) in [7, 11) is 0. The molecule has 0 aliphatic heterocycles. The zero-order valence-corrected chi connectivity index (χ0v) is 9.34. The summed E-state index contributed by atoms with van der Waals surface area (Å²) in [5.41, 5.74) is 5.03. The summed E-state index contributed by atoms with van der Waals surface area (Å²) in [6.07, 6.45) is -4.53. The van der Waals surface area contributed by atoms with Gasteiger partial charge in [0.1, 0.15) is 11.7 Å². The third-order valence-corrected chi connectivity index (χ3v) is 2.60. The van der Waals surface area contributed by atoms with Gasteiger partial charge in [-0.2, -0.15) is 13.2 Å². The second kappa shape index (κ2) is 3.74. The molecule has 16 heavy (non-hydrogen) atoms. The van der Waals surface area contributed by atoms with Gasteiger partial charge in [0.2, 0.25) is 0 Å². The van der Waals surface area contributed by atoms with E-state index in [4.69, 9.17) is 10.3 Å². The van der Waals surface area contributed by atoms with Crippen molar-refractivity contribution in [1.82, 2.24) is 5.16 Å². The van der Waals surface area contributed by atoms with Crippen LogP contribution in [0.3, 0.4) is 0 Å². The van der Waals surface area contributed by atoms with E-state index in [1.165, 1.54) is 12.1 Å². The van der Waals surface area contributed by atoms with Gasteiger partial charge in [0.15, 0.2) is 5.58 Å². The molecule has 0 amide bonds. The van der Waals surface area contributed by atoms with E-state index in [0.717, 1.165) is 0 Å². The normalized spacial score (nSPS) is 14.3. The lowest BCUT2D eigenvalue weighted by molar-refractivity contribution is -0.150. The first kappa shape index (κ1) is 11.4. The minimum absolute atomic E-state index is 0.268. The van der Waals surface area contributed by atoms with Gasteiger partial charge >= 0.3 is 6.18 Å². The number of nitrogens with zero attached hydrogens (tertiary/aromatic N) is 1. The number of hydrogen-bond donors (Lipinski definition) is 1. The van der Waals surface area contributed by atoms with Gasteiger partial charge in [-0.25, -0.2) is 0 Å². The maximum absolute atomic E-state index is 12.4. The van der Waals surface area contributed by atoms with Crippen LogP contribution in [0.5, 0.6) is 0 Å². The molecule has 0 spiro atoms. The Bertz CT molecular complexity index is 523. The molecule has 0 bridgehead atoms. The Morgan fingerprint density at radius 1 is 1.38 bits per heavy atom. The van der Waals surface area contributed by atoms with Gasteiger partial charge in [-0.15, -0.1) is 0 Å². The average Bonchev–Trinajstić information content (AvgIpc) is 2.57. The number of aromatic nitrogens is 1. The quantitative estimate of drug-likeness (QED) is 0.879. The van der Waals surface area contributed by atoms with Crippen LogP contribution in [0.4, 0.5) is 13.2 Å². The smallest absolute Gasteiger partial charge is 0.356 e. The Kier molecular flexibility index (Phi) is 2.67. The van der Waals surface area contributed by atoms with E-state index in [1.54, 1.807) is 6.07 Å². The lowest BCUT2D eigenvalue weighted by Crippen LogP contribution is -2.28. The molecule has 0 saturated carbocycles. The molecule has 0 radical (unpaired) electrons. The predicted molar refractivity (Wildman–Crippen MR) is 54.7 cm³/mol. The van der Waals surface area contributed by atoms with E-state index in [1.807, 2.05) is 0 Å². The number of hydrogen-bond acceptors (Lipinski definition) is 3. The highest BCUT2D eigenvalue weighted by atomic mass is 79.9. The molecule has 2 N–H and O–H groups in total. The van der Waals surface area contributed by atoms with Crippen LogP contribution in [0.1, 0.15) is 11.7 Å². The first-order valence-corrected chi connectivity index (χ1v) is 5.06. The lowest BCUT2D eigenvalue weighted by Gasteiger charge is -2.12. The van der Waals surface area contributed by atoms with Crippen molar-refractivity contribution in [2.45, 2.75) is 12.2 Å². The van der Waals surface area contributed by atoms with Gasteiger partial charge in [0.25, 0.3) is 0 Å². The molecular formula is C9H6BrF3N2O. The maximum atomic E-state index is 12.4. The molecule has 2 rings (SSSR count). The maximum Gasteiger partial charge on any atom is 0.409 e. The third-order valence-electron chi connectivity index (χ3n) is 2.11. The van der Waals surface area contributed by atoms with Crippen LogP contribution in [0, 0.1) is 0 Å². The Balaban J connectivity index is 2.54. The molecule has 1 atom stereocenters. The van der Waals surface area contributed by atoms with E-state index in [-0.39, 0.29) is 16.7 Å². The summed E-state index contributed by atoms with van der Waals surface area (Å²) in [6, 6.07) is 2.49. The van der Waals surface area contributed by atoms with Crippen LogP contribution in [0.15, 0.2) is 27.2 Å². The van der Waals surface area contributed by atoms with Crippen molar-refractivity contribution in [1.29, 1.82) is 0 Å². The van der Waals surface area contributed by atoms with E-state index < -0.39 is 12.2 Å². The standard InChI is InChI=1S/C9H6BrF3N2O/c10-4-1-2-5-6(3-4)16-15-7(5)8(14)9(11,12)13/h1-3,8H,14H2. The molecule has 1 heterocycles. The van der Waals surface area contributed by atoms with Crippen molar-refractivity contribution < 1.29 is 17.7 Å². The van der Waals surface area contributed by atoms with Crippen LogP contribution in [-0.4, -0.2) is 11.3 Å². The molecule has 86 valence electrons. The zero-order chi connectivity index (χ0) is 11.9. The largest absolute Gasteiger partial charge is 0.409 e. The Morgan fingerprint density at radius 3 is 2.69 bits per heavy atom. The van der Waals surface area contributed by atoms with Crippen molar-refractivity contribution in [2.75, 3.05) is 0 Å². The molecule has 0 aliphatic carbocycles. The topological polar surface area (TPSA) is 52.0 Å². The van der Waals surface area contributed by atoms with Gasteiger partial charge in [0, 0.05) is 9.86 Å². The van der Waals surface area contributed by atoms with Gasteiger partial charge < -0.3 is 10.3 Å². The number of halogens is 4. The molecule has 7 heteroatoms.